The number of nitrogens with one attached hydrogen (secondary N) is 1. The van der Waals surface area contributed by atoms with Gasteiger partial charge in [-0.15, -0.1) is 0 Å². The average molecular weight is 304 g/mol. The van der Waals surface area contributed by atoms with E-state index in [4.69, 9.17) is 5.14 Å². The largest absolute Gasteiger partial charge is 0.381 e. The highest BCUT2D eigenvalue weighted by atomic mass is 32.2. The molecule has 5 heteroatoms. The normalized spacial score (nSPS) is 11.3. The van der Waals surface area contributed by atoms with Crippen LogP contribution >= 0.6 is 0 Å². The quantitative estimate of drug-likeness (QED) is 0.861. The van der Waals surface area contributed by atoms with E-state index in [0.717, 1.165) is 18.7 Å². The van der Waals surface area contributed by atoms with Crippen molar-refractivity contribution in [2.24, 2.45) is 5.14 Å². The van der Waals surface area contributed by atoms with Crippen LogP contribution in [0.3, 0.4) is 0 Å². The number of hydrogen-bond acceptors (Lipinski definition) is 3. The molecule has 0 amide bonds. The summed E-state index contributed by atoms with van der Waals surface area (Å²) in [5.41, 5.74) is 4.25. The molecule has 2 aromatic carbocycles. The second-order valence-electron chi connectivity index (χ2n) is 4.98. The summed E-state index contributed by atoms with van der Waals surface area (Å²) in [4.78, 5) is 0. The van der Waals surface area contributed by atoms with E-state index >= 15 is 0 Å². The zero-order chi connectivity index (χ0) is 15.3. The van der Waals surface area contributed by atoms with Crippen LogP contribution in [0.4, 0.5) is 5.69 Å². The minimum atomic E-state index is -3.47. The van der Waals surface area contributed by atoms with Gasteiger partial charge in [0.25, 0.3) is 0 Å². The van der Waals surface area contributed by atoms with Crippen molar-refractivity contribution in [3.8, 4) is 0 Å². The summed E-state index contributed by atoms with van der Waals surface area (Å²) in [5, 5.41) is 8.37. The van der Waals surface area contributed by atoms with Crippen molar-refractivity contribution in [1.82, 2.24) is 0 Å². The molecule has 2 aromatic rings. The Bertz CT molecular complexity index is 694. The second kappa shape index (κ2) is 6.74. The minimum absolute atomic E-state index is 0.133. The molecule has 0 aromatic heterocycles. The van der Waals surface area contributed by atoms with E-state index in [2.05, 4.69) is 24.4 Å². The predicted octanol–water partition coefficient (Wildman–Crippen LogP) is 2.65. The van der Waals surface area contributed by atoms with Crippen LogP contribution in [-0.2, 0) is 28.7 Å². The summed E-state index contributed by atoms with van der Waals surface area (Å²) in [6.07, 6.45) is 1.01. The fourth-order valence-electron chi connectivity index (χ4n) is 2.22. The number of sulfonamides is 1. The van der Waals surface area contributed by atoms with Crippen molar-refractivity contribution in [2.75, 3.05) is 5.32 Å². The van der Waals surface area contributed by atoms with Crippen LogP contribution in [0, 0.1) is 0 Å². The lowest BCUT2D eigenvalue weighted by atomic mass is 10.1. The van der Waals surface area contributed by atoms with Gasteiger partial charge in [-0.1, -0.05) is 43.3 Å². The van der Waals surface area contributed by atoms with Crippen LogP contribution in [0.5, 0.6) is 0 Å². The molecule has 0 aliphatic rings. The lowest BCUT2D eigenvalue weighted by molar-refractivity contribution is 0.597. The van der Waals surface area contributed by atoms with E-state index in [1.807, 2.05) is 24.3 Å². The van der Waals surface area contributed by atoms with Crippen LogP contribution in [-0.4, -0.2) is 8.42 Å². The van der Waals surface area contributed by atoms with Gasteiger partial charge in [-0.25, -0.2) is 13.6 Å². The first kappa shape index (κ1) is 15.5. The van der Waals surface area contributed by atoms with E-state index in [0.29, 0.717) is 5.56 Å². The number of nitrogens with two attached hydrogens (primary N) is 1. The van der Waals surface area contributed by atoms with Gasteiger partial charge in [0.1, 0.15) is 0 Å². The Morgan fingerprint density at radius 2 is 1.62 bits per heavy atom. The van der Waals surface area contributed by atoms with Gasteiger partial charge in [0.05, 0.1) is 5.75 Å². The molecule has 21 heavy (non-hydrogen) atoms. The van der Waals surface area contributed by atoms with Crippen LogP contribution < -0.4 is 10.5 Å². The Hall–Kier alpha value is -1.85. The maximum Gasteiger partial charge on any atom is 0.213 e. The molecule has 0 aliphatic heterocycles. The first-order valence-corrected chi connectivity index (χ1v) is 8.59. The van der Waals surface area contributed by atoms with Crippen molar-refractivity contribution in [1.29, 1.82) is 0 Å². The van der Waals surface area contributed by atoms with E-state index in [1.54, 1.807) is 12.1 Å². The molecule has 0 spiro atoms. The molecule has 3 N–H and O–H groups in total. The summed E-state index contributed by atoms with van der Waals surface area (Å²) < 4.78 is 22.1. The zero-order valence-electron chi connectivity index (χ0n) is 12.0. The molecular weight excluding hydrogens is 284 g/mol. The molecule has 112 valence electrons. The van der Waals surface area contributed by atoms with E-state index in [-0.39, 0.29) is 5.75 Å². The van der Waals surface area contributed by atoms with Crippen molar-refractivity contribution in [2.45, 2.75) is 25.6 Å². The highest BCUT2D eigenvalue weighted by molar-refractivity contribution is 7.88. The van der Waals surface area contributed by atoms with Gasteiger partial charge >= 0.3 is 0 Å². The van der Waals surface area contributed by atoms with Gasteiger partial charge in [-0.05, 0) is 35.2 Å². The van der Waals surface area contributed by atoms with E-state index in [1.165, 1.54) is 11.1 Å². The molecule has 0 aliphatic carbocycles. The Kier molecular flexibility index (Phi) is 4.98. The van der Waals surface area contributed by atoms with Crippen LogP contribution in [0.25, 0.3) is 0 Å². The smallest absolute Gasteiger partial charge is 0.213 e. The van der Waals surface area contributed by atoms with Crippen molar-refractivity contribution in [3.63, 3.8) is 0 Å². The number of rotatable bonds is 6. The maximum absolute atomic E-state index is 11.0. The fourth-order valence-corrected chi connectivity index (χ4v) is 2.88. The van der Waals surface area contributed by atoms with Gasteiger partial charge in [-0.2, -0.15) is 0 Å². The summed E-state index contributed by atoms with van der Waals surface area (Å²) in [5.74, 6) is -0.133. The molecule has 0 heterocycles. The number of anilines is 1. The van der Waals surface area contributed by atoms with Crippen molar-refractivity contribution in [3.05, 3.63) is 65.2 Å². The maximum atomic E-state index is 11.0. The summed E-state index contributed by atoms with van der Waals surface area (Å²) in [7, 11) is -3.47. The first-order chi connectivity index (χ1) is 9.98. The molecule has 0 bridgehead atoms. The van der Waals surface area contributed by atoms with Crippen LogP contribution in [0.15, 0.2) is 48.5 Å². The van der Waals surface area contributed by atoms with Crippen LogP contribution in [0.2, 0.25) is 0 Å². The fraction of sp³-hybridized carbons (Fsp3) is 0.250. The third-order valence-corrected chi connectivity index (χ3v) is 4.04. The molecule has 0 saturated heterocycles. The molecule has 0 radical (unpaired) electrons. The lowest BCUT2D eigenvalue weighted by Crippen LogP contribution is -2.14. The van der Waals surface area contributed by atoms with Gasteiger partial charge < -0.3 is 5.32 Å². The highest BCUT2D eigenvalue weighted by Gasteiger charge is 2.05. The van der Waals surface area contributed by atoms with Crippen molar-refractivity contribution < 1.29 is 8.42 Å². The highest BCUT2D eigenvalue weighted by Crippen LogP contribution is 2.15. The van der Waals surface area contributed by atoms with Gasteiger partial charge in [0.15, 0.2) is 0 Å². The molecule has 0 fully saturated rings. The molecular formula is C16H20N2O2S. The summed E-state index contributed by atoms with van der Waals surface area (Å²) in [6, 6.07) is 15.6. The summed E-state index contributed by atoms with van der Waals surface area (Å²) >= 11 is 0. The third kappa shape index (κ3) is 4.88. The first-order valence-electron chi connectivity index (χ1n) is 6.88. The zero-order valence-corrected chi connectivity index (χ0v) is 12.9. The van der Waals surface area contributed by atoms with E-state index in [9.17, 15) is 8.42 Å². The summed E-state index contributed by atoms with van der Waals surface area (Å²) in [6.45, 7) is 2.89. The average Bonchev–Trinajstić information content (AvgIpc) is 2.45. The molecule has 0 atom stereocenters. The monoisotopic (exact) mass is 304 g/mol. The minimum Gasteiger partial charge on any atom is -0.381 e. The Labute approximate surface area is 126 Å². The number of primary sulfonamides is 1. The molecule has 0 unspecified atom stereocenters. The molecule has 4 nitrogen and oxygen atoms in total. The van der Waals surface area contributed by atoms with Gasteiger partial charge in [0.2, 0.25) is 10.0 Å². The van der Waals surface area contributed by atoms with Crippen molar-refractivity contribution >= 4 is 15.7 Å². The Balaban J connectivity index is 2.01. The van der Waals surface area contributed by atoms with Gasteiger partial charge in [0, 0.05) is 12.2 Å². The predicted molar refractivity (Wildman–Crippen MR) is 86.4 cm³/mol. The Morgan fingerprint density at radius 1 is 1.00 bits per heavy atom. The lowest BCUT2D eigenvalue weighted by Gasteiger charge is -2.10. The molecule has 2 rings (SSSR count). The number of hydrogen-bond donors (Lipinski definition) is 2. The van der Waals surface area contributed by atoms with Crippen LogP contribution in [0.1, 0.15) is 23.6 Å². The SMILES string of the molecule is CCc1ccccc1CNc1ccc(CS(N)(=O)=O)cc1. The van der Waals surface area contributed by atoms with Gasteiger partial charge in [-0.3, -0.25) is 0 Å². The molecule has 0 saturated carbocycles. The third-order valence-electron chi connectivity index (χ3n) is 3.30. The second-order valence-corrected chi connectivity index (χ2v) is 6.59. The standard InChI is InChI=1S/C16H20N2O2S/c1-2-14-5-3-4-6-15(14)11-18-16-9-7-13(8-10-16)12-21(17,19)20/h3-10,18H,2,11-12H2,1H3,(H2,17,19,20). The number of benzene rings is 2. The topological polar surface area (TPSA) is 72.2 Å². The number of aryl methyl sites for hydroxylation is 1. The Morgan fingerprint density at radius 3 is 2.19 bits per heavy atom. The van der Waals surface area contributed by atoms with E-state index < -0.39 is 10.0 Å².